The van der Waals surface area contributed by atoms with Crippen LogP contribution in [0.3, 0.4) is 0 Å². The van der Waals surface area contributed by atoms with Gasteiger partial charge in [0.05, 0.1) is 13.3 Å². The molecule has 0 unspecified atom stereocenters. The molecule has 0 spiro atoms. The van der Waals surface area contributed by atoms with Gasteiger partial charge >= 0.3 is 5.97 Å². The summed E-state index contributed by atoms with van der Waals surface area (Å²) in [6.45, 7) is 2.97. The molecule has 4 nitrogen and oxygen atoms in total. The van der Waals surface area contributed by atoms with Gasteiger partial charge < -0.3 is 4.74 Å². The van der Waals surface area contributed by atoms with E-state index in [1.807, 2.05) is 6.92 Å². The van der Waals surface area contributed by atoms with Crippen LogP contribution in [-0.2, 0) is 11.3 Å². The highest BCUT2D eigenvalue weighted by Gasteiger charge is 2.51. The minimum absolute atomic E-state index is 0.274. The first-order chi connectivity index (χ1) is 10.1. The smallest absolute Gasteiger partial charge is 0.341 e. The molecule has 21 heavy (non-hydrogen) atoms. The Hall–Kier alpha value is -1.32. The Bertz CT molecular complexity index is 540. The number of rotatable bonds is 3. The van der Waals surface area contributed by atoms with Crippen LogP contribution < -0.4 is 0 Å². The van der Waals surface area contributed by atoms with Gasteiger partial charge in [0, 0.05) is 12.2 Å². The van der Waals surface area contributed by atoms with Gasteiger partial charge in [0.1, 0.15) is 5.56 Å². The molecular formula is C17H24N2O2. The quantitative estimate of drug-likeness (QED) is 0.802. The normalized spacial score (nSPS) is 37.0. The number of hydrogen-bond donors (Lipinski definition) is 0. The Labute approximate surface area is 125 Å². The number of esters is 1. The van der Waals surface area contributed by atoms with Crippen molar-refractivity contribution in [2.45, 2.75) is 52.0 Å². The lowest BCUT2D eigenvalue weighted by atomic mass is 9.49. The first kappa shape index (κ1) is 13.4. The van der Waals surface area contributed by atoms with Gasteiger partial charge in [-0.15, -0.1) is 0 Å². The molecule has 114 valence electrons. The summed E-state index contributed by atoms with van der Waals surface area (Å²) >= 11 is 0. The number of carbonyl (C=O) groups is 1. The fourth-order valence-corrected chi connectivity index (χ4v) is 5.72. The molecule has 4 bridgehead atoms. The third-order valence-electron chi connectivity index (χ3n) is 6.16. The van der Waals surface area contributed by atoms with Crippen LogP contribution in [0.1, 0.15) is 54.6 Å². The molecule has 0 aliphatic heterocycles. The van der Waals surface area contributed by atoms with E-state index in [1.54, 1.807) is 6.20 Å². The van der Waals surface area contributed by atoms with Gasteiger partial charge in [0.2, 0.25) is 0 Å². The van der Waals surface area contributed by atoms with E-state index >= 15 is 0 Å². The standard InChI is InChI=1S/C17H24N2O2/c1-11-15(16(20)21-2)9-18-19(11)10-17-6-12-3-13(7-17)5-14(4-12)8-17/h9,12-14H,3-8,10H2,1-2H3. The van der Waals surface area contributed by atoms with Crippen molar-refractivity contribution in [1.29, 1.82) is 0 Å². The summed E-state index contributed by atoms with van der Waals surface area (Å²) < 4.78 is 6.89. The number of aromatic nitrogens is 2. The fourth-order valence-electron chi connectivity index (χ4n) is 5.72. The zero-order valence-electron chi connectivity index (χ0n) is 13.0. The summed E-state index contributed by atoms with van der Waals surface area (Å²) in [6.07, 6.45) is 10.2. The fraction of sp³-hybridized carbons (Fsp3) is 0.765. The number of hydrogen-bond acceptors (Lipinski definition) is 3. The zero-order chi connectivity index (χ0) is 14.6. The third-order valence-corrected chi connectivity index (χ3v) is 6.16. The monoisotopic (exact) mass is 288 g/mol. The van der Waals surface area contributed by atoms with Gasteiger partial charge in [-0.05, 0) is 68.6 Å². The topological polar surface area (TPSA) is 44.1 Å². The van der Waals surface area contributed by atoms with Crippen molar-refractivity contribution in [2.75, 3.05) is 7.11 Å². The van der Waals surface area contributed by atoms with Gasteiger partial charge in [0.15, 0.2) is 0 Å². The van der Waals surface area contributed by atoms with Gasteiger partial charge in [-0.2, -0.15) is 5.10 Å². The average molecular weight is 288 g/mol. The predicted octanol–water partition coefficient (Wildman–Crippen LogP) is 3.19. The van der Waals surface area contributed by atoms with Crippen LogP contribution >= 0.6 is 0 Å². The highest BCUT2D eigenvalue weighted by Crippen LogP contribution is 2.60. The highest BCUT2D eigenvalue weighted by molar-refractivity contribution is 5.90. The highest BCUT2D eigenvalue weighted by atomic mass is 16.5. The first-order valence-electron chi connectivity index (χ1n) is 8.19. The third kappa shape index (κ3) is 2.11. The lowest BCUT2D eigenvalue weighted by Crippen LogP contribution is -2.48. The molecule has 4 heteroatoms. The molecule has 0 atom stereocenters. The van der Waals surface area contributed by atoms with Gasteiger partial charge in [0.25, 0.3) is 0 Å². The molecule has 4 aliphatic rings. The van der Waals surface area contributed by atoms with E-state index in [2.05, 4.69) is 9.78 Å². The minimum Gasteiger partial charge on any atom is -0.465 e. The van der Waals surface area contributed by atoms with E-state index in [1.165, 1.54) is 45.6 Å². The lowest BCUT2D eigenvalue weighted by molar-refractivity contribution is -0.0638. The maximum atomic E-state index is 11.7. The lowest BCUT2D eigenvalue weighted by Gasteiger charge is -2.56. The number of methoxy groups -OCH3 is 1. The Morgan fingerprint density at radius 3 is 2.38 bits per heavy atom. The number of nitrogens with zero attached hydrogens (tertiary/aromatic N) is 2. The van der Waals surface area contributed by atoms with Crippen LogP contribution in [0, 0.1) is 30.1 Å². The molecule has 1 aromatic heterocycles. The van der Waals surface area contributed by atoms with E-state index in [9.17, 15) is 4.79 Å². The predicted molar refractivity (Wildman–Crippen MR) is 78.9 cm³/mol. The van der Waals surface area contributed by atoms with E-state index in [4.69, 9.17) is 4.74 Å². The van der Waals surface area contributed by atoms with E-state index in [-0.39, 0.29) is 5.97 Å². The molecule has 4 aliphatic carbocycles. The summed E-state index contributed by atoms with van der Waals surface area (Å²) in [5, 5.41) is 4.48. The maximum absolute atomic E-state index is 11.7. The van der Waals surface area contributed by atoms with Crippen LogP contribution in [0.5, 0.6) is 0 Å². The van der Waals surface area contributed by atoms with Crippen molar-refractivity contribution in [3.8, 4) is 0 Å². The summed E-state index contributed by atoms with van der Waals surface area (Å²) in [7, 11) is 1.43. The summed E-state index contributed by atoms with van der Waals surface area (Å²) in [6, 6.07) is 0. The summed E-state index contributed by atoms with van der Waals surface area (Å²) in [5.41, 5.74) is 2.01. The van der Waals surface area contributed by atoms with Crippen molar-refractivity contribution in [1.82, 2.24) is 9.78 Å². The molecule has 0 aromatic carbocycles. The Morgan fingerprint density at radius 2 is 1.86 bits per heavy atom. The van der Waals surface area contributed by atoms with Crippen molar-refractivity contribution >= 4 is 5.97 Å². The molecule has 4 saturated carbocycles. The molecular weight excluding hydrogens is 264 g/mol. The van der Waals surface area contributed by atoms with Crippen molar-refractivity contribution in [3.63, 3.8) is 0 Å². The second-order valence-electron chi connectivity index (χ2n) is 7.71. The zero-order valence-corrected chi connectivity index (χ0v) is 13.0. The largest absolute Gasteiger partial charge is 0.465 e. The average Bonchev–Trinajstić information content (AvgIpc) is 2.77. The minimum atomic E-state index is -0.274. The SMILES string of the molecule is COC(=O)c1cnn(CC23CC4CC(CC(C4)C2)C3)c1C. The second-order valence-corrected chi connectivity index (χ2v) is 7.71. The Kier molecular flexibility index (Phi) is 2.92. The van der Waals surface area contributed by atoms with Crippen LogP contribution in [-0.4, -0.2) is 22.9 Å². The van der Waals surface area contributed by atoms with E-state index in [0.717, 1.165) is 30.0 Å². The molecule has 4 fully saturated rings. The molecule has 5 rings (SSSR count). The van der Waals surface area contributed by atoms with Gasteiger partial charge in [-0.3, -0.25) is 4.68 Å². The Morgan fingerprint density at radius 1 is 1.29 bits per heavy atom. The molecule has 1 heterocycles. The van der Waals surface area contributed by atoms with Crippen LogP contribution in [0.2, 0.25) is 0 Å². The maximum Gasteiger partial charge on any atom is 0.341 e. The molecule has 1 aromatic rings. The first-order valence-corrected chi connectivity index (χ1v) is 8.19. The van der Waals surface area contributed by atoms with Crippen molar-refractivity contribution < 1.29 is 9.53 Å². The van der Waals surface area contributed by atoms with Gasteiger partial charge in [-0.25, -0.2) is 4.79 Å². The van der Waals surface area contributed by atoms with Crippen molar-refractivity contribution in [3.05, 3.63) is 17.5 Å². The van der Waals surface area contributed by atoms with Crippen LogP contribution in [0.25, 0.3) is 0 Å². The molecule has 0 amide bonds. The molecule has 0 radical (unpaired) electrons. The molecule has 0 saturated heterocycles. The van der Waals surface area contributed by atoms with Crippen LogP contribution in [0.15, 0.2) is 6.20 Å². The summed E-state index contributed by atoms with van der Waals surface area (Å²) in [4.78, 5) is 11.7. The van der Waals surface area contributed by atoms with Crippen molar-refractivity contribution in [2.24, 2.45) is 23.2 Å². The Balaban J connectivity index is 1.59. The molecule has 0 N–H and O–H groups in total. The number of carbonyl (C=O) groups excluding carboxylic acids is 1. The van der Waals surface area contributed by atoms with Gasteiger partial charge in [-0.1, -0.05) is 0 Å². The second kappa shape index (κ2) is 4.59. The summed E-state index contributed by atoms with van der Waals surface area (Å²) in [5.74, 6) is 2.58. The van der Waals surface area contributed by atoms with Crippen LogP contribution in [0.4, 0.5) is 0 Å². The van der Waals surface area contributed by atoms with E-state index in [0.29, 0.717) is 11.0 Å². The number of ether oxygens (including phenoxy) is 1. The van der Waals surface area contributed by atoms with E-state index < -0.39 is 0 Å².